The highest BCUT2D eigenvalue weighted by molar-refractivity contribution is 5.64. The summed E-state index contributed by atoms with van der Waals surface area (Å²) in [5, 5.41) is 0. The second-order valence-electron chi connectivity index (χ2n) is 4.50. The minimum Gasteiger partial charge on any atom is -0.0984 e. The van der Waals surface area contributed by atoms with E-state index < -0.39 is 0 Å². The molecule has 0 saturated carbocycles. The Morgan fingerprint density at radius 2 is 1.44 bits per heavy atom. The van der Waals surface area contributed by atoms with E-state index in [4.69, 9.17) is 0 Å². The van der Waals surface area contributed by atoms with Crippen molar-refractivity contribution in [3.63, 3.8) is 0 Å². The Balaban J connectivity index is 0.00000106. The summed E-state index contributed by atoms with van der Waals surface area (Å²) in [4.78, 5) is 0. The molecule has 16 heavy (non-hydrogen) atoms. The van der Waals surface area contributed by atoms with Crippen molar-refractivity contribution in [2.45, 2.75) is 40.0 Å². The second kappa shape index (κ2) is 6.32. The Morgan fingerprint density at radius 3 is 1.81 bits per heavy atom. The first-order valence-electron chi connectivity index (χ1n) is 5.88. The van der Waals surface area contributed by atoms with Crippen LogP contribution in [0.4, 0.5) is 0 Å². The van der Waals surface area contributed by atoms with E-state index in [1.54, 1.807) is 0 Å². The average Bonchev–Trinajstić information content (AvgIpc) is 2.29. The molecule has 0 atom stereocenters. The molecule has 88 valence electrons. The van der Waals surface area contributed by atoms with Crippen LogP contribution in [-0.2, 0) is 5.41 Å². The molecule has 1 aromatic rings. The molecule has 0 aliphatic carbocycles. The number of hydrogen-bond donors (Lipinski definition) is 0. The van der Waals surface area contributed by atoms with Crippen LogP contribution in [0.25, 0.3) is 12.2 Å². The lowest BCUT2D eigenvalue weighted by Crippen LogP contribution is -2.11. The monoisotopic (exact) mass is 216 g/mol. The van der Waals surface area contributed by atoms with E-state index >= 15 is 0 Å². The third-order valence-corrected chi connectivity index (χ3v) is 2.39. The maximum absolute atomic E-state index is 3.81. The molecule has 0 amide bonds. The van der Waals surface area contributed by atoms with Crippen LogP contribution in [0.2, 0.25) is 0 Å². The van der Waals surface area contributed by atoms with Gasteiger partial charge < -0.3 is 0 Å². The fourth-order valence-corrected chi connectivity index (χ4v) is 1.40. The molecule has 0 saturated heterocycles. The van der Waals surface area contributed by atoms with Crippen molar-refractivity contribution in [2.75, 3.05) is 0 Å². The molecule has 0 nitrogen and oxygen atoms in total. The molecule has 1 aromatic carbocycles. The van der Waals surface area contributed by atoms with Gasteiger partial charge in [0.2, 0.25) is 0 Å². The molecule has 0 spiro atoms. The van der Waals surface area contributed by atoms with Gasteiger partial charge in [0.05, 0.1) is 0 Å². The highest BCUT2D eigenvalue weighted by Gasteiger charge is 2.13. The van der Waals surface area contributed by atoms with Crippen LogP contribution in [0.3, 0.4) is 0 Å². The fraction of sp³-hybridized carbons (Fsp3) is 0.375. The van der Waals surface area contributed by atoms with Crippen molar-refractivity contribution < 1.29 is 0 Å². The van der Waals surface area contributed by atoms with Crippen molar-refractivity contribution in [3.05, 3.63) is 48.0 Å². The van der Waals surface area contributed by atoms with Gasteiger partial charge in [-0.05, 0) is 22.1 Å². The van der Waals surface area contributed by atoms with E-state index in [9.17, 15) is 0 Å². The Hall–Kier alpha value is -1.30. The molecule has 0 heterocycles. The molecule has 0 bridgehead atoms. The predicted molar refractivity (Wildman–Crippen MR) is 76.7 cm³/mol. The van der Waals surface area contributed by atoms with Crippen LogP contribution in [0, 0.1) is 0 Å². The van der Waals surface area contributed by atoms with Gasteiger partial charge in [0.1, 0.15) is 0 Å². The highest BCUT2D eigenvalue weighted by atomic mass is 14.2. The summed E-state index contributed by atoms with van der Waals surface area (Å²) in [6.45, 7) is 18.2. The quantitative estimate of drug-likeness (QED) is 0.629. The highest BCUT2D eigenvalue weighted by Crippen LogP contribution is 2.25. The molecule has 1 rings (SSSR count). The second-order valence-corrected chi connectivity index (χ2v) is 4.50. The average molecular weight is 216 g/mol. The van der Waals surface area contributed by atoms with Crippen LogP contribution in [0.5, 0.6) is 0 Å². The Kier molecular flexibility index (Phi) is 5.81. The maximum atomic E-state index is 3.81. The summed E-state index contributed by atoms with van der Waals surface area (Å²) in [5.41, 5.74) is 3.83. The minimum absolute atomic E-state index is 0.192. The van der Waals surface area contributed by atoms with Crippen molar-refractivity contribution in [1.82, 2.24) is 0 Å². The van der Waals surface area contributed by atoms with Gasteiger partial charge >= 0.3 is 0 Å². The van der Waals surface area contributed by atoms with Crippen LogP contribution in [0.1, 0.15) is 51.3 Å². The lowest BCUT2D eigenvalue weighted by atomic mass is 9.85. The van der Waals surface area contributed by atoms with Gasteiger partial charge in [-0.25, -0.2) is 0 Å². The van der Waals surface area contributed by atoms with Crippen molar-refractivity contribution in [2.24, 2.45) is 0 Å². The van der Waals surface area contributed by atoms with E-state index in [0.29, 0.717) is 0 Å². The van der Waals surface area contributed by atoms with E-state index in [-0.39, 0.29) is 5.41 Å². The Bertz CT molecular complexity index is 351. The predicted octanol–water partition coefficient (Wildman–Crippen LogP) is 5.30. The smallest absolute Gasteiger partial charge is 0.0132 e. The van der Waals surface area contributed by atoms with Crippen molar-refractivity contribution >= 4 is 12.2 Å². The van der Waals surface area contributed by atoms with Gasteiger partial charge in [0, 0.05) is 0 Å². The van der Waals surface area contributed by atoms with Crippen molar-refractivity contribution in [1.29, 1.82) is 0 Å². The molecule has 0 N–H and O–H groups in total. The standard InChI is InChI=1S/C14H18.C2H6/c1-6-11-8-9-13(14(3,4)5)10-12(11)7-2;1-2/h6-10H,1-2H2,3-5H3;1-2H3. The topological polar surface area (TPSA) is 0 Å². The Morgan fingerprint density at radius 1 is 0.938 bits per heavy atom. The van der Waals surface area contributed by atoms with Crippen LogP contribution < -0.4 is 0 Å². The number of rotatable bonds is 2. The SMILES string of the molecule is C=Cc1ccc(C(C)(C)C)cc1C=C.CC. The first-order valence-corrected chi connectivity index (χ1v) is 5.88. The van der Waals surface area contributed by atoms with Crippen molar-refractivity contribution in [3.8, 4) is 0 Å². The van der Waals surface area contributed by atoms with Crippen LogP contribution in [-0.4, -0.2) is 0 Å². The van der Waals surface area contributed by atoms with Crippen LogP contribution >= 0.6 is 0 Å². The first-order chi connectivity index (χ1) is 7.49. The summed E-state index contributed by atoms with van der Waals surface area (Å²) in [5.74, 6) is 0. The van der Waals surface area contributed by atoms with E-state index in [0.717, 1.165) is 11.1 Å². The minimum atomic E-state index is 0.192. The van der Waals surface area contributed by atoms with Gasteiger partial charge in [-0.15, -0.1) is 0 Å². The first kappa shape index (κ1) is 14.7. The van der Waals surface area contributed by atoms with Gasteiger partial charge in [0.25, 0.3) is 0 Å². The molecule has 0 heteroatoms. The van der Waals surface area contributed by atoms with Gasteiger partial charge in [-0.1, -0.05) is 78.1 Å². The molecular weight excluding hydrogens is 192 g/mol. The third-order valence-electron chi connectivity index (χ3n) is 2.39. The summed E-state index contributed by atoms with van der Waals surface area (Å²) < 4.78 is 0. The zero-order valence-corrected chi connectivity index (χ0v) is 11.3. The summed E-state index contributed by atoms with van der Waals surface area (Å²) in [7, 11) is 0. The zero-order chi connectivity index (χ0) is 12.8. The molecule has 0 fully saturated rings. The molecule has 0 aliphatic heterocycles. The molecular formula is C16H24. The van der Waals surface area contributed by atoms with Crippen LogP contribution in [0.15, 0.2) is 31.4 Å². The maximum Gasteiger partial charge on any atom is -0.0132 e. The number of benzene rings is 1. The van der Waals surface area contributed by atoms with Gasteiger partial charge in [-0.2, -0.15) is 0 Å². The zero-order valence-electron chi connectivity index (χ0n) is 11.3. The largest absolute Gasteiger partial charge is 0.0984 e. The Labute approximate surface area is 101 Å². The number of hydrogen-bond acceptors (Lipinski definition) is 0. The lowest BCUT2D eigenvalue weighted by Gasteiger charge is -2.20. The third kappa shape index (κ3) is 3.69. The summed E-state index contributed by atoms with van der Waals surface area (Å²) >= 11 is 0. The van der Waals surface area contributed by atoms with E-state index in [1.165, 1.54) is 5.56 Å². The van der Waals surface area contributed by atoms with E-state index in [2.05, 4.69) is 52.1 Å². The fourth-order valence-electron chi connectivity index (χ4n) is 1.40. The summed E-state index contributed by atoms with van der Waals surface area (Å²) in [6, 6.07) is 6.44. The molecule has 0 aromatic heterocycles. The molecule has 0 unspecified atom stereocenters. The van der Waals surface area contributed by atoms with E-state index in [1.807, 2.05) is 26.0 Å². The molecule has 0 radical (unpaired) electrons. The van der Waals surface area contributed by atoms with Gasteiger partial charge in [-0.3, -0.25) is 0 Å². The lowest BCUT2D eigenvalue weighted by molar-refractivity contribution is 0.590. The normalized spacial score (nSPS) is 10.1. The summed E-state index contributed by atoms with van der Waals surface area (Å²) in [6.07, 6.45) is 3.75. The molecule has 0 aliphatic rings. The van der Waals surface area contributed by atoms with Gasteiger partial charge in [0.15, 0.2) is 0 Å².